The predicted octanol–water partition coefficient (Wildman–Crippen LogP) is 3.32. The smallest absolute Gasteiger partial charge is 0.0568 e. The first kappa shape index (κ1) is 11.7. The lowest BCUT2D eigenvalue weighted by atomic mass is 10.1. The topological polar surface area (TPSA) is 43.8 Å². The average molecular weight is 229 g/mol. The number of nitrogen functional groups attached to an aromatic ring is 1. The van der Waals surface area contributed by atoms with Crippen molar-refractivity contribution in [2.75, 3.05) is 5.73 Å². The molecule has 0 atom stereocenters. The molecule has 2 aromatic rings. The third kappa shape index (κ3) is 3.09. The Balaban J connectivity index is 2.04. The van der Waals surface area contributed by atoms with Crippen LogP contribution >= 0.6 is 0 Å². The summed E-state index contributed by atoms with van der Waals surface area (Å²) in [6, 6.07) is 7.90. The molecule has 0 aliphatic heterocycles. The SMILES string of the molecule is CCCCCn1cc(-c2ccc(N)cc2)cn1. The Morgan fingerprint density at radius 3 is 2.59 bits per heavy atom. The molecule has 17 heavy (non-hydrogen) atoms. The van der Waals surface area contributed by atoms with E-state index in [2.05, 4.69) is 18.2 Å². The van der Waals surface area contributed by atoms with Gasteiger partial charge in [-0.25, -0.2) is 0 Å². The summed E-state index contributed by atoms with van der Waals surface area (Å²) in [7, 11) is 0. The molecule has 0 unspecified atom stereocenters. The van der Waals surface area contributed by atoms with Gasteiger partial charge in [0, 0.05) is 24.0 Å². The summed E-state index contributed by atoms with van der Waals surface area (Å²) in [6.45, 7) is 3.21. The van der Waals surface area contributed by atoms with Gasteiger partial charge in [-0.15, -0.1) is 0 Å². The highest BCUT2D eigenvalue weighted by Crippen LogP contribution is 2.19. The van der Waals surface area contributed by atoms with Crippen molar-refractivity contribution in [3.8, 4) is 11.1 Å². The zero-order valence-corrected chi connectivity index (χ0v) is 10.3. The molecule has 0 bridgehead atoms. The van der Waals surface area contributed by atoms with Crippen molar-refractivity contribution in [3.63, 3.8) is 0 Å². The van der Waals surface area contributed by atoms with Crippen LogP contribution in [0.5, 0.6) is 0 Å². The molecule has 2 rings (SSSR count). The number of nitrogens with two attached hydrogens (primary N) is 1. The number of nitrogens with zero attached hydrogens (tertiary/aromatic N) is 2. The van der Waals surface area contributed by atoms with E-state index in [1.54, 1.807) is 0 Å². The van der Waals surface area contributed by atoms with Crippen LogP contribution in [0.1, 0.15) is 26.2 Å². The van der Waals surface area contributed by atoms with Gasteiger partial charge in [-0.2, -0.15) is 5.10 Å². The molecular weight excluding hydrogens is 210 g/mol. The molecule has 0 aliphatic rings. The largest absolute Gasteiger partial charge is 0.399 e. The van der Waals surface area contributed by atoms with Crippen molar-refractivity contribution in [2.45, 2.75) is 32.7 Å². The van der Waals surface area contributed by atoms with Gasteiger partial charge in [-0.05, 0) is 24.1 Å². The third-order valence-electron chi connectivity index (χ3n) is 2.87. The van der Waals surface area contributed by atoms with Crippen molar-refractivity contribution < 1.29 is 0 Å². The van der Waals surface area contributed by atoms with Crippen LogP contribution < -0.4 is 5.73 Å². The van der Waals surface area contributed by atoms with Crippen LogP contribution in [0.4, 0.5) is 5.69 Å². The number of aromatic nitrogens is 2. The molecule has 0 radical (unpaired) electrons. The molecular formula is C14H19N3. The van der Waals surface area contributed by atoms with E-state index in [0.717, 1.165) is 17.8 Å². The van der Waals surface area contributed by atoms with Crippen molar-refractivity contribution >= 4 is 5.69 Å². The van der Waals surface area contributed by atoms with Crippen molar-refractivity contribution in [1.29, 1.82) is 0 Å². The molecule has 0 saturated heterocycles. The van der Waals surface area contributed by atoms with E-state index in [4.69, 9.17) is 5.73 Å². The molecule has 2 N–H and O–H groups in total. The van der Waals surface area contributed by atoms with Crippen LogP contribution in [-0.4, -0.2) is 9.78 Å². The molecule has 0 fully saturated rings. The van der Waals surface area contributed by atoms with Crippen LogP contribution in [-0.2, 0) is 6.54 Å². The quantitative estimate of drug-likeness (QED) is 0.631. The minimum atomic E-state index is 0.795. The summed E-state index contributed by atoms with van der Waals surface area (Å²) in [4.78, 5) is 0. The number of unbranched alkanes of at least 4 members (excludes halogenated alkanes) is 2. The van der Waals surface area contributed by atoms with Gasteiger partial charge in [0.05, 0.1) is 6.20 Å². The standard InChI is InChI=1S/C14H19N3/c1-2-3-4-9-17-11-13(10-16-17)12-5-7-14(15)8-6-12/h5-8,10-11H,2-4,9,15H2,1H3. The highest BCUT2D eigenvalue weighted by atomic mass is 15.3. The van der Waals surface area contributed by atoms with Crippen LogP contribution in [0.3, 0.4) is 0 Å². The molecule has 0 amide bonds. The molecule has 0 saturated carbocycles. The van der Waals surface area contributed by atoms with Gasteiger partial charge in [0.2, 0.25) is 0 Å². The molecule has 1 aromatic heterocycles. The highest BCUT2D eigenvalue weighted by molar-refractivity contribution is 5.63. The lowest BCUT2D eigenvalue weighted by molar-refractivity contribution is 0.553. The van der Waals surface area contributed by atoms with Gasteiger partial charge in [0.25, 0.3) is 0 Å². The summed E-state index contributed by atoms with van der Waals surface area (Å²) >= 11 is 0. The lowest BCUT2D eigenvalue weighted by Crippen LogP contribution is -1.97. The fraction of sp³-hybridized carbons (Fsp3) is 0.357. The number of aryl methyl sites for hydroxylation is 1. The number of benzene rings is 1. The van der Waals surface area contributed by atoms with Crippen LogP contribution in [0, 0.1) is 0 Å². The Hall–Kier alpha value is -1.77. The zero-order valence-electron chi connectivity index (χ0n) is 10.3. The number of rotatable bonds is 5. The Kier molecular flexibility index (Phi) is 3.81. The summed E-state index contributed by atoms with van der Waals surface area (Å²) in [5, 5.41) is 4.37. The fourth-order valence-corrected chi connectivity index (χ4v) is 1.83. The second-order valence-electron chi connectivity index (χ2n) is 4.32. The maximum absolute atomic E-state index is 5.67. The average Bonchev–Trinajstić information content (AvgIpc) is 2.79. The Morgan fingerprint density at radius 2 is 1.88 bits per heavy atom. The van der Waals surface area contributed by atoms with E-state index in [1.807, 2.05) is 35.1 Å². The molecule has 1 aromatic carbocycles. The first-order chi connectivity index (χ1) is 8.29. The minimum absolute atomic E-state index is 0.795. The maximum atomic E-state index is 5.67. The first-order valence-electron chi connectivity index (χ1n) is 6.18. The molecule has 0 aliphatic carbocycles. The molecule has 3 heteroatoms. The van der Waals surface area contributed by atoms with E-state index in [-0.39, 0.29) is 0 Å². The third-order valence-corrected chi connectivity index (χ3v) is 2.87. The minimum Gasteiger partial charge on any atom is -0.399 e. The van der Waals surface area contributed by atoms with Gasteiger partial charge >= 0.3 is 0 Å². The van der Waals surface area contributed by atoms with Crippen LogP contribution in [0.2, 0.25) is 0 Å². The lowest BCUT2D eigenvalue weighted by Gasteiger charge is -2.00. The second kappa shape index (κ2) is 5.53. The summed E-state index contributed by atoms with van der Waals surface area (Å²) in [5.41, 5.74) is 8.79. The van der Waals surface area contributed by atoms with Crippen LogP contribution in [0.15, 0.2) is 36.7 Å². The summed E-state index contributed by atoms with van der Waals surface area (Å²) in [5.74, 6) is 0. The van der Waals surface area contributed by atoms with E-state index >= 15 is 0 Å². The zero-order chi connectivity index (χ0) is 12.1. The van der Waals surface area contributed by atoms with E-state index in [0.29, 0.717) is 0 Å². The van der Waals surface area contributed by atoms with Crippen molar-refractivity contribution in [3.05, 3.63) is 36.7 Å². The Morgan fingerprint density at radius 1 is 1.12 bits per heavy atom. The molecule has 1 heterocycles. The van der Waals surface area contributed by atoms with E-state index < -0.39 is 0 Å². The maximum Gasteiger partial charge on any atom is 0.0568 e. The Labute approximate surface area is 102 Å². The van der Waals surface area contributed by atoms with Gasteiger partial charge in [-0.1, -0.05) is 31.9 Å². The number of anilines is 1. The van der Waals surface area contributed by atoms with Gasteiger partial charge < -0.3 is 5.73 Å². The Bertz CT molecular complexity index is 457. The van der Waals surface area contributed by atoms with Gasteiger partial charge in [-0.3, -0.25) is 4.68 Å². The first-order valence-corrected chi connectivity index (χ1v) is 6.18. The van der Waals surface area contributed by atoms with Crippen molar-refractivity contribution in [2.24, 2.45) is 0 Å². The number of hydrogen-bond donors (Lipinski definition) is 1. The highest BCUT2D eigenvalue weighted by Gasteiger charge is 2.01. The van der Waals surface area contributed by atoms with Gasteiger partial charge in [0.15, 0.2) is 0 Å². The molecule has 0 spiro atoms. The molecule has 90 valence electrons. The summed E-state index contributed by atoms with van der Waals surface area (Å²) < 4.78 is 2.02. The monoisotopic (exact) mass is 229 g/mol. The van der Waals surface area contributed by atoms with E-state index in [1.165, 1.54) is 24.8 Å². The molecule has 3 nitrogen and oxygen atoms in total. The normalized spacial score (nSPS) is 10.6. The second-order valence-corrected chi connectivity index (χ2v) is 4.32. The van der Waals surface area contributed by atoms with Crippen LogP contribution in [0.25, 0.3) is 11.1 Å². The van der Waals surface area contributed by atoms with Crippen molar-refractivity contribution in [1.82, 2.24) is 9.78 Å². The number of hydrogen-bond acceptors (Lipinski definition) is 2. The fourth-order valence-electron chi connectivity index (χ4n) is 1.83. The van der Waals surface area contributed by atoms with Gasteiger partial charge in [0.1, 0.15) is 0 Å². The summed E-state index contributed by atoms with van der Waals surface area (Å²) in [6.07, 6.45) is 7.71. The van der Waals surface area contributed by atoms with E-state index in [9.17, 15) is 0 Å². The predicted molar refractivity (Wildman–Crippen MR) is 71.6 cm³/mol.